The summed E-state index contributed by atoms with van der Waals surface area (Å²) in [6.07, 6.45) is 0. The lowest BCUT2D eigenvalue weighted by molar-refractivity contribution is 0.381. The molecular formula is C19H20N4O2. The van der Waals surface area contributed by atoms with Gasteiger partial charge >= 0.3 is 0 Å². The van der Waals surface area contributed by atoms with E-state index in [9.17, 15) is 0 Å². The topological polar surface area (TPSA) is 71.7 Å². The first kappa shape index (κ1) is 15.5. The lowest BCUT2D eigenvalue weighted by Crippen LogP contribution is -2.37. The lowest BCUT2D eigenvalue weighted by Gasteiger charge is -2.09. The van der Waals surface area contributed by atoms with Crippen LogP contribution in [0.5, 0.6) is 5.75 Å². The van der Waals surface area contributed by atoms with E-state index in [1.165, 1.54) is 0 Å². The van der Waals surface area contributed by atoms with Gasteiger partial charge in [-0.05, 0) is 23.8 Å². The minimum absolute atomic E-state index is 0.368. The van der Waals surface area contributed by atoms with Gasteiger partial charge in [0.2, 0.25) is 0 Å². The predicted octanol–water partition coefficient (Wildman–Crippen LogP) is 2.94. The molecule has 1 atom stereocenters. The van der Waals surface area contributed by atoms with Crippen molar-refractivity contribution in [3.63, 3.8) is 0 Å². The molecule has 0 saturated carbocycles. The van der Waals surface area contributed by atoms with Gasteiger partial charge in [0.1, 0.15) is 11.4 Å². The molecule has 4 rings (SSSR count). The van der Waals surface area contributed by atoms with Crippen molar-refractivity contribution in [2.45, 2.75) is 19.5 Å². The second-order valence-corrected chi connectivity index (χ2v) is 6.13. The van der Waals surface area contributed by atoms with Crippen molar-refractivity contribution in [3.05, 3.63) is 48.2 Å². The number of hydrogen-bond donors (Lipinski definition) is 2. The van der Waals surface area contributed by atoms with E-state index in [-0.39, 0.29) is 0 Å². The van der Waals surface area contributed by atoms with Crippen LogP contribution in [0.1, 0.15) is 12.7 Å². The number of benzene rings is 2. The number of hydrogen-bond acceptors (Lipinski definition) is 6. The molecule has 3 aromatic rings. The molecule has 6 heteroatoms. The van der Waals surface area contributed by atoms with Gasteiger partial charge in [0.05, 0.1) is 25.8 Å². The molecule has 2 N–H and O–H groups in total. The first-order valence-electron chi connectivity index (χ1n) is 8.31. The molecule has 25 heavy (non-hydrogen) atoms. The molecular weight excluding hydrogens is 316 g/mol. The van der Waals surface area contributed by atoms with Crippen molar-refractivity contribution in [1.82, 2.24) is 15.8 Å². The fourth-order valence-electron chi connectivity index (χ4n) is 3.03. The second kappa shape index (κ2) is 6.47. The molecule has 0 fully saturated rings. The number of fused-ring (bicyclic) bond motifs is 1. The van der Waals surface area contributed by atoms with Crippen molar-refractivity contribution in [2.24, 2.45) is 4.99 Å². The Kier molecular flexibility index (Phi) is 4.01. The number of nitrogens with zero attached hydrogens (tertiary/aromatic N) is 2. The van der Waals surface area contributed by atoms with Gasteiger partial charge in [-0.3, -0.25) is 4.99 Å². The summed E-state index contributed by atoms with van der Waals surface area (Å²) in [5.74, 6) is 2.32. The molecule has 0 aliphatic carbocycles. The van der Waals surface area contributed by atoms with Crippen LogP contribution in [0.3, 0.4) is 0 Å². The number of aromatic nitrogens is 1. The third kappa shape index (κ3) is 3.03. The molecule has 1 aliphatic rings. The molecule has 0 saturated heterocycles. The highest BCUT2D eigenvalue weighted by Gasteiger charge is 2.16. The second-order valence-electron chi connectivity index (χ2n) is 6.13. The van der Waals surface area contributed by atoms with E-state index in [4.69, 9.17) is 9.26 Å². The van der Waals surface area contributed by atoms with Crippen LogP contribution in [0, 0.1) is 0 Å². The number of nitrogens with one attached hydrogen (secondary N) is 2. The molecule has 2 heterocycles. The highest BCUT2D eigenvalue weighted by Crippen LogP contribution is 2.36. The van der Waals surface area contributed by atoms with Crippen LogP contribution in [-0.4, -0.2) is 30.8 Å². The maximum atomic E-state index is 5.54. The van der Waals surface area contributed by atoms with Crippen LogP contribution < -0.4 is 15.4 Å². The Hall–Kier alpha value is -3.02. The van der Waals surface area contributed by atoms with Crippen molar-refractivity contribution in [3.8, 4) is 17.0 Å². The van der Waals surface area contributed by atoms with Crippen LogP contribution in [-0.2, 0) is 6.54 Å². The lowest BCUT2D eigenvalue weighted by atomic mass is 10.0. The maximum Gasteiger partial charge on any atom is 0.191 e. The van der Waals surface area contributed by atoms with E-state index in [0.717, 1.165) is 46.0 Å². The van der Waals surface area contributed by atoms with Crippen LogP contribution in [0.15, 0.2) is 52.0 Å². The standard InChI is InChI=1S/C19H20N4O2/c1-12-10-20-19(22-12)21-11-14-9-16(23-25-14)18-15-6-4-3-5-13(15)7-8-17(18)24-2/h3-9,12H,10-11H2,1-2H3,(H2,20,21,22). The third-order valence-corrected chi connectivity index (χ3v) is 4.26. The summed E-state index contributed by atoms with van der Waals surface area (Å²) in [7, 11) is 1.67. The minimum atomic E-state index is 0.368. The summed E-state index contributed by atoms with van der Waals surface area (Å²) in [4.78, 5) is 4.38. The fraction of sp³-hybridized carbons (Fsp3) is 0.263. The van der Waals surface area contributed by atoms with Gasteiger partial charge in [0, 0.05) is 12.1 Å². The Morgan fingerprint density at radius 2 is 2.16 bits per heavy atom. The smallest absolute Gasteiger partial charge is 0.191 e. The summed E-state index contributed by atoms with van der Waals surface area (Å²) < 4.78 is 11.0. The largest absolute Gasteiger partial charge is 0.496 e. The zero-order chi connectivity index (χ0) is 17.2. The summed E-state index contributed by atoms with van der Waals surface area (Å²) >= 11 is 0. The molecule has 1 aliphatic heterocycles. The third-order valence-electron chi connectivity index (χ3n) is 4.26. The maximum absolute atomic E-state index is 5.54. The molecule has 0 amide bonds. The SMILES string of the molecule is COc1ccc2ccccc2c1-c1cc(CNC2=NCC(C)N2)on1. The molecule has 1 unspecified atom stereocenters. The molecule has 0 bridgehead atoms. The summed E-state index contributed by atoms with van der Waals surface area (Å²) in [5.41, 5.74) is 1.71. The summed E-state index contributed by atoms with van der Waals surface area (Å²) in [6, 6.07) is 14.5. The zero-order valence-corrected chi connectivity index (χ0v) is 14.2. The highest BCUT2D eigenvalue weighted by atomic mass is 16.5. The Balaban J connectivity index is 1.62. The Morgan fingerprint density at radius 1 is 1.28 bits per heavy atom. The number of ether oxygens (including phenoxy) is 1. The molecule has 128 valence electrons. The van der Waals surface area contributed by atoms with E-state index >= 15 is 0 Å². The molecule has 2 aromatic carbocycles. The van der Waals surface area contributed by atoms with Gasteiger partial charge in [-0.15, -0.1) is 0 Å². The summed E-state index contributed by atoms with van der Waals surface area (Å²) in [6.45, 7) is 3.41. The van der Waals surface area contributed by atoms with Crippen molar-refractivity contribution >= 4 is 16.7 Å². The average Bonchev–Trinajstić information content (AvgIpc) is 3.27. The van der Waals surface area contributed by atoms with E-state index in [0.29, 0.717) is 12.6 Å². The van der Waals surface area contributed by atoms with Crippen molar-refractivity contribution in [1.29, 1.82) is 0 Å². The number of rotatable bonds is 4. The first-order valence-corrected chi connectivity index (χ1v) is 8.31. The monoisotopic (exact) mass is 336 g/mol. The molecule has 0 radical (unpaired) electrons. The zero-order valence-electron chi connectivity index (χ0n) is 14.2. The highest BCUT2D eigenvalue weighted by molar-refractivity contribution is 5.98. The number of methoxy groups -OCH3 is 1. The van der Waals surface area contributed by atoms with Crippen molar-refractivity contribution < 1.29 is 9.26 Å². The normalized spacial score (nSPS) is 16.6. The van der Waals surface area contributed by atoms with Gasteiger partial charge in [-0.2, -0.15) is 0 Å². The Bertz CT molecular complexity index is 932. The van der Waals surface area contributed by atoms with Crippen LogP contribution in [0.2, 0.25) is 0 Å². The summed E-state index contributed by atoms with van der Waals surface area (Å²) in [5, 5.41) is 13.0. The van der Waals surface area contributed by atoms with Gasteiger partial charge in [-0.1, -0.05) is 35.5 Å². The minimum Gasteiger partial charge on any atom is -0.496 e. The van der Waals surface area contributed by atoms with E-state index in [2.05, 4.69) is 39.8 Å². The van der Waals surface area contributed by atoms with Crippen molar-refractivity contribution in [2.75, 3.05) is 13.7 Å². The van der Waals surface area contributed by atoms with Gasteiger partial charge in [0.15, 0.2) is 11.7 Å². The van der Waals surface area contributed by atoms with Crippen LogP contribution in [0.4, 0.5) is 0 Å². The molecule has 6 nitrogen and oxygen atoms in total. The molecule has 0 spiro atoms. The van der Waals surface area contributed by atoms with Crippen LogP contribution in [0.25, 0.3) is 22.0 Å². The van der Waals surface area contributed by atoms with Gasteiger partial charge in [-0.25, -0.2) is 0 Å². The predicted molar refractivity (Wildman–Crippen MR) is 97.7 cm³/mol. The quantitative estimate of drug-likeness (QED) is 0.766. The van der Waals surface area contributed by atoms with E-state index < -0.39 is 0 Å². The first-order chi connectivity index (χ1) is 12.2. The average molecular weight is 336 g/mol. The fourth-order valence-corrected chi connectivity index (χ4v) is 3.03. The number of aliphatic imine (C=N–C) groups is 1. The van der Waals surface area contributed by atoms with E-state index in [1.54, 1.807) is 7.11 Å². The molecule has 1 aromatic heterocycles. The Morgan fingerprint density at radius 3 is 2.96 bits per heavy atom. The van der Waals surface area contributed by atoms with Gasteiger partial charge in [0.25, 0.3) is 0 Å². The van der Waals surface area contributed by atoms with E-state index in [1.807, 2.05) is 30.3 Å². The Labute approximate surface area is 145 Å². The number of guanidine groups is 1. The van der Waals surface area contributed by atoms with Crippen LogP contribution >= 0.6 is 0 Å². The van der Waals surface area contributed by atoms with Gasteiger partial charge < -0.3 is 19.9 Å².